The number of phenols is 1. The van der Waals surface area contributed by atoms with Crippen LogP contribution in [0.1, 0.15) is 71.1 Å². The molecule has 0 fully saturated rings. The number of carbonyl (C=O) groups excluding carboxylic acids is 1. The minimum Gasteiger partial charge on any atom is -0.508 e. The highest BCUT2D eigenvalue weighted by molar-refractivity contribution is 7.87. The van der Waals surface area contributed by atoms with E-state index in [-0.39, 0.29) is 17.1 Å². The molecule has 0 radical (unpaired) electrons. The summed E-state index contributed by atoms with van der Waals surface area (Å²) in [7, 11) is -4.10. The molecule has 1 rings (SSSR count). The average Bonchev–Trinajstić information content (AvgIpc) is 2.53. The van der Waals surface area contributed by atoms with E-state index in [4.69, 9.17) is 5.11 Å². The van der Waals surface area contributed by atoms with E-state index in [1.807, 2.05) is 0 Å². The van der Waals surface area contributed by atoms with Gasteiger partial charge in [-0.25, -0.2) is 0 Å². The molecule has 5 nitrogen and oxygen atoms in total. The third-order valence-electron chi connectivity index (χ3n) is 3.81. The van der Waals surface area contributed by atoms with Gasteiger partial charge in [0.05, 0.1) is 0 Å². The highest BCUT2D eigenvalue weighted by Gasteiger charge is 2.19. The van der Waals surface area contributed by atoms with Crippen molar-refractivity contribution in [3.63, 3.8) is 0 Å². The van der Waals surface area contributed by atoms with Crippen LogP contribution < -0.4 is 0 Å². The first-order valence-electron chi connectivity index (χ1n) is 8.72. The summed E-state index contributed by atoms with van der Waals surface area (Å²) in [5, 5.41) is 9.15. The Kier molecular flexibility index (Phi) is 9.45. The Morgan fingerprint density at radius 1 is 0.917 bits per heavy atom. The number of aromatic hydroxyl groups is 1. The Morgan fingerprint density at radius 3 is 1.96 bits per heavy atom. The van der Waals surface area contributed by atoms with Crippen molar-refractivity contribution in [2.45, 2.75) is 76.0 Å². The van der Waals surface area contributed by atoms with Gasteiger partial charge in [0.2, 0.25) is 0 Å². The first-order chi connectivity index (χ1) is 11.5. The molecule has 136 valence electrons. The Labute approximate surface area is 145 Å². The van der Waals surface area contributed by atoms with Crippen LogP contribution in [0.4, 0.5) is 0 Å². The molecule has 0 spiro atoms. The van der Waals surface area contributed by atoms with Crippen molar-refractivity contribution in [2.75, 3.05) is 0 Å². The van der Waals surface area contributed by atoms with Crippen molar-refractivity contribution >= 4 is 16.1 Å². The Balaban J connectivity index is 2.18. The van der Waals surface area contributed by atoms with Gasteiger partial charge < -0.3 is 9.29 Å². The van der Waals surface area contributed by atoms with Crippen LogP contribution >= 0.6 is 0 Å². The Morgan fingerprint density at radius 2 is 1.42 bits per heavy atom. The van der Waals surface area contributed by atoms with E-state index in [0.717, 1.165) is 19.3 Å². The summed E-state index contributed by atoms with van der Waals surface area (Å²) in [5.74, 6) is -0.777. The molecule has 0 aliphatic rings. The lowest BCUT2D eigenvalue weighted by Gasteiger charge is -2.06. The first kappa shape index (κ1) is 20.5. The van der Waals surface area contributed by atoms with Crippen LogP contribution in [-0.2, 0) is 19.1 Å². The van der Waals surface area contributed by atoms with Crippen LogP contribution in [0.25, 0.3) is 0 Å². The summed E-state index contributed by atoms with van der Waals surface area (Å²) in [6.07, 6.45) is 10.2. The van der Waals surface area contributed by atoms with E-state index >= 15 is 0 Å². The van der Waals surface area contributed by atoms with Gasteiger partial charge in [-0.3, -0.25) is 4.79 Å². The largest absolute Gasteiger partial charge is 0.508 e. The van der Waals surface area contributed by atoms with Gasteiger partial charge in [0.25, 0.3) is 0 Å². The summed E-state index contributed by atoms with van der Waals surface area (Å²) < 4.78 is 28.4. The number of hydrogen-bond acceptors (Lipinski definition) is 5. The maximum atomic E-state index is 11.9. The Bertz CT molecular complexity index is 578. The van der Waals surface area contributed by atoms with Crippen LogP contribution in [-0.4, -0.2) is 19.5 Å². The molecule has 0 heterocycles. The highest BCUT2D eigenvalue weighted by atomic mass is 32.2. The molecule has 0 bridgehead atoms. The molecule has 0 aliphatic carbocycles. The zero-order chi connectivity index (χ0) is 17.8. The third kappa shape index (κ3) is 8.34. The van der Waals surface area contributed by atoms with Crippen molar-refractivity contribution < 1.29 is 22.5 Å². The molecule has 1 aromatic carbocycles. The standard InChI is InChI=1S/C18H28O5S/c1-2-3-4-5-6-7-8-9-10-11-18(20)23-24(21,22)17-14-12-16(19)13-15-17/h12-15,19H,2-11H2,1H3. The number of carbonyl (C=O) groups is 1. The van der Waals surface area contributed by atoms with Gasteiger partial charge in [-0.2, -0.15) is 8.42 Å². The summed E-state index contributed by atoms with van der Waals surface area (Å²) in [5.41, 5.74) is 0. The molecule has 0 aliphatic heterocycles. The topological polar surface area (TPSA) is 80.7 Å². The van der Waals surface area contributed by atoms with E-state index in [9.17, 15) is 13.2 Å². The smallest absolute Gasteiger partial charge is 0.341 e. The van der Waals surface area contributed by atoms with Crippen molar-refractivity contribution in [1.82, 2.24) is 0 Å². The van der Waals surface area contributed by atoms with Gasteiger partial charge >= 0.3 is 16.1 Å². The van der Waals surface area contributed by atoms with Crippen molar-refractivity contribution in [1.29, 1.82) is 0 Å². The van der Waals surface area contributed by atoms with Crippen LogP contribution in [0.5, 0.6) is 5.75 Å². The van der Waals surface area contributed by atoms with E-state index in [2.05, 4.69) is 11.1 Å². The van der Waals surface area contributed by atoms with Crippen molar-refractivity contribution in [3.8, 4) is 5.75 Å². The van der Waals surface area contributed by atoms with Crippen molar-refractivity contribution in [2.24, 2.45) is 0 Å². The zero-order valence-corrected chi connectivity index (χ0v) is 15.2. The van der Waals surface area contributed by atoms with Crippen LogP contribution in [0.3, 0.4) is 0 Å². The van der Waals surface area contributed by atoms with E-state index in [1.165, 1.54) is 56.4 Å². The quantitative estimate of drug-likeness (QED) is 0.439. The lowest BCUT2D eigenvalue weighted by atomic mass is 10.1. The number of hydrogen-bond donors (Lipinski definition) is 1. The predicted molar refractivity (Wildman–Crippen MR) is 93.2 cm³/mol. The molecule has 1 aromatic rings. The fourth-order valence-corrected chi connectivity index (χ4v) is 3.30. The second kappa shape index (κ2) is 11.1. The number of rotatable bonds is 12. The predicted octanol–water partition coefficient (Wildman–Crippen LogP) is 4.55. The van der Waals surface area contributed by atoms with Gasteiger partial charge in [0.15, 0.2) is 0 Å². The normalized spacial score (nSPS) is 11.4. The molecule has 0 saturated heterocycles. The van der Waals surface area contributed by atoms with E-state index in [1.54, 1.807) is 0 Å². The molecular formula is C18H28O5S. The fourth-order valence-electron chi connectivity index (χ4n) is 2.40. The number of unbranched alkanes of at least 4 members (excludes halogenated alkanes) is 8. The number of phenolic OH excluding ortho intramolecular Hbond substituents is 1. The minimum atomic E-state index is -4.10. The SMILES string of the molecule is CCCCCCCCCCCC(=O)OS(=O)(=O)c1ccc(O)cc1. The molecule has 0 amide bonds. The summed E-state index contributed by atoms with van der Waals surface area (Å²) in [4.78, 5) is 11.5. The monoisotopic (exact) mass is 356 g/mol. The van der Waals surface area contributed by atoms with Crippen LogP contribution in [0, 0.1) is 0 Å². The molecule has 0 unspecified atom stereocenters. The van der Waals surface area contributed by atoms with E-state index < -0.39 is 16.1 Å². The average molecular weight is 356 g/mol. The summed E-state index contributed by atoms with van der Waals surface area (Å²) >= 11 is 0. The lowest BCUT2D eigenvalue weighted by molar-refractivity contribution is -0.133. The molecule has 0 aromatic heterocycles. The summed E-state index contributed by atoms with van der Waals surface area (Å²) in [6.45, 7) is 2.20. The maximum Gasteiger partial charge on any atom is 0.341 e. The molecule has 0 atom stereocenters. The molecule has 24 heavy (non-hydrogen) atoms. The Hall–Kier alpha value is -1.56. The van der Waals surface area contributed by atoms with E-state index in [0.29, 0.717) is 6.42 Å². The van der Waals surface area contributed by atoms with Gasteiger partial charge in [0.1, 0.15) is 10.6 Å². The highest BCUT2D eigenvalue weighted by Crippen LogP contribution is 2.17. The van der Waals surface area contributed by atoms with Gasteiger partial charge in [-0.1, -0.05) is 58.3 Å². The van der Waals surface area contributed by atoms with Crippen molar-refractivity contribution in [3.05, 3.63) is 24.3 Å². The van der Waals surface area contributed by atoms with Gasteiger partial charge in [-0.15, -0.1) is 0 Å². The summed E-state index contributed by atoms with van der Waals surface area (Å²) in [6, 6.07) is 4.88. The lowest BCUT2D eigenvalue weighted by Crippen LogP contribution is -2.13. The molecule has 6 heteroatoms. The number of benzene rings is 1. The second-order valence-corrected chi connectivity index (χ2v) is 7.53. The second-order valence-electron chi connectivity index (χ2n) is 5.98. The fraction of sp³-hybridized carbons (Fsp3) is 0.611. The first-order valence-corrected chi connectivity index (χ1v) is 10.1. The zero-order valence-electron chi connectivity index (χ0n) is 14.4. The maximum absolute atomic E-state index is 11.9. The third-order valence-corrected chi connectivity index (χ3v) is 5.07. The van der Waals surface area contributed by atoms with Crippen LogP contribution in [0.15, 0.2) is 29.2 Å². The van der Waals surface area contributed by atoms with Gasteiger partial charge in [-0.05, 0) is 30.7 Å². The molecule has 1 N–H and O–H groups in total. The molecule has 0 saturated carbocycles. The minimum absolute atomic E-state index is 0.0463. The van der Waals surface area contributed by atoms with Gasteiger partial charge in [0, 0.05) is 6.42 Å². The molecular weight excluding hydrogens is 328 g/mol. The van der Waals surface area contributed by atoms with Crippen LogP contribution in [0.2, 0.25) is 0 Å².